The van der Waals surface area contributed by atoms with E-state index in [2.05, 4.69) is 0 Å². The highest BCUT2D eigenvalue weighted by Gasteiger charge is 2.84. The number of hydrogen-bond acceptors (Lipinski definition) is 12. The van der Waals surface area contributed by atoms with Crippen LogP contribution in [0.2, 0.25) is 0 Å². The average molecular weight is 535 g/mol. The molecule has 0 spiro atoms. The summed E-state index contributed by atoms with van der Waals surface area (Å²) < 4.78 is 26.1. The summed E-state index contributed by atoms with van der Waals surface area (Å²) in [6, 6.07) is 12.1. The third-order valence-electron chi connectivity index (χ3n) is 7.40. The molecule has 206 valence electrons. The van der Waals surface area contributed by atoms with Crippen LogP contribution in [-0.4, -0.2) is 99.8 Å². The molecule has 2 aromatic carbocycles. The van der Waals surface area contributed by atoms with E-state index in [0.29, 0.717) is 11.5 Å². The summed E-state index contributed by atoms with van der Waals surface area (Å²) in [4.78, 5) is 26.8. The molecule has 1 aliphatic heterocycles. The van der Waals surface area contributed by atoms with Gasteiger partial charge in [0.2, 0.25) is 17.2 Å². The Morgan fingerprint density at radius 1 is 0.789 bits per heavy atom. The summed E-state index contributed by atoms with van der Waals surface area (Å²) in [5.74, 6) is -2.54. The van der Waals surface area contributed by atoms with Crippen LogP contribution in [0.1, 0.15) is 6.92 Å². The van der Waals surface area contributed by atoms with Gasteiger partial charge in [-0.1, -0.05) is 6.92 Å². The number of Topliss-reactive ketones (excluding diaryl/α,β-unsaturated/α-hetero) is 2. The number of fused-ring (bicyclic) bond motifs is 1. The Balaban J connectivity index is 1.63. The van der Waals surface area contributed by atoms with Crippen LogP contribution in [0.5, 0.6) is 23.0 Å². The summed E-state index contributed by atoms with van der Waals surface area (Å²) in [5, 5.41) is 55.7. The Labute approximate surface area is 217 Å². The molecular formula is C26H30O12. The molecule has 7 atom stereocenters. The zero-order valence-electron chi connectivity index (χ0n) is 20.9. The number of carbonyl (C=O) groups excluding carboxylic acids is 2. The summed E-state index contributed by atoms with van der Waals surface area (Å²) in [6.07, 6.45) is -5.60. The van der Waals surface area contributed by atoms with E-state index in [4.69, 9.17) is 23.7 Å². The van der Waals surface area contributed by atoms with Crippen molar-refractivity contribution in [1.29, 1.82) is 0 Å². The summed E-state index contributed by atoms with van der Waals surface area (Å²) in [7, 11) is 2.93. The molecule has 0 radical (unpaired) electrons. The number of aliphatic hydroxyl groups is 5. The molecule has 2 aromatic rings. The fourth-order valence-electron chi connectivity index (χ4n) is 5.00. The largest absolute Gasteiger partial charge is 0.497 e. The SMILES string of the molecule is COc1ccc(OCC(=O)[C@]2(O)[C@@]3(O)C(C)C(O)[C@H]3O[C@@H](O)[C@@]2(O)C(=O)COc2ccc(OC)cc2)cc1. The van der Waals surface area contributed by atoms with Crippen LogP contribution in [0, 0.1) is 5.92 Å². The molecule has 1 heterocycles. The Morgan fingerprint density at radius 2 is 1.21 bits per heavy atom. The van der Waals surface area contributed by atoms with E-state index < -0.39 is 66.0 Å². The van der Waals surface area contributed by atoms with Gasteiger partial charge in [0.1, 0.15) is 47.9 Å². The molecule has 12 nitrogen and oxygen atoms in total. The molecule has 1 saturated heterocycles. The fourth-order valence-corrected chi connectivity index (χ4v) is 5.00. The maximum atomic E-state index is 13.5. The predicted octanol–water partition coefficient (Wildman–Crippen LogP) is -0.779. The van der Waals surface area contributed by atoms with Crippen molar-refractivity contribution in [2.75, 3.05) is 27.4 Å². The van der Waals surface area contributed by atoms with Gasteiger partial charge in [-0.2, -0.15) is 0 Å². The van der Waals surface area contributed by atoms with E-state index in [1.165, 1.54) is 45.4 Å². The second kappa shape index (κ2) is 10.1. The minimum atomic E-state index is -3.39. The average Bonchev–Trinajstić information content (AvgIpc) is 2.95. The number of rotatable bonds is 10. The van der Waals surface area contributed by atoms with Crippen LogP contribution in [-0.2, 0) is 14.3 Å². The molecular weight excluding hydrogens is 504 g/mol. The molecule has 2 unspecified atom stereocenters. The van der Waals surface area contributed by atoms with Crippen molar-refractivity contribution >= 4 is 11.6 Å². The number of hydrogen-bond donors (Lipinski definition) is 5. The van der Waals surface area contributed by atoms with Crippen molar-refractivity contribution in [3.05, 3.63) is 48.5 Å². The maximum Gasteiger partial charge on any atom is 0.216 e. The van der Waals surface area contributed by atoms with Crippen molar-refractivity contribution in [3.63, 3.8) is 0 Å². The van der Waals surface area contributed by atoms with Crippen LogP contribution in [0.15, 0.2) is 48.5 Å². The van der Waals surface area contributed by atoms with E-state index in [1.54, 1.807) is 24.3 Å². The lowest BCUT2D eigenvalue weighted by Gasteiger charge is -2.66. The second-order valence-electron chi connectivity index (χ2n) is 9.27. The third kappa shape index (κ3) is 4.01. The highest BCUT2D eigenvalue weighted by molar-refractivity contribution is 6.02. The number of methoxy groups -OCH3 is 2. The minimum absolute atomic E-state index is 0.177. The molecule has 38 heavy (non-hydrogen) atoms. The van der Waals surface area contributed by atoms with Gasteiger partial charge < -0.3 is 49.2 Å². The maximum absolute atomic E-state index is 13.5. The fraction of sp³-hybridized carbons (Fsp3) is 0.462. The predicted molar refractivity (Wildman–Crippen MR) is 128 cm³/mol. The van der Waals surface area contributed by atoms with Crippen molar-refractivity contribution in [1.82, 2.24) is 0 Å². The lowest BCUT2D eigenvalue weighted by molar-refractivity contribution is -0.428. The van der Waals surface area contributed by atoms with Crippen LogP contribution < -0.4 is 18.9 Å². The summed E-state index contributed by atoms with van der Waals surface area (Å²) in [5.41, 5.74) is -9.40. The normalized spacial score (nSPS) is 33.9. The Morgan fingerprint density at radius 3 is 1.66 bits per heavy atom. The topological polar surface area (TPSA) is 181 Å². The molecule has 4 rings (SSSR count). The van der Waals surface area contributed by atoms with E-state index in [-0.39, 0.29) is 11.5 Å². The lowest BCUT2D eigenvalue weighted by atomic mass is 9.49. The van der Waals surface area contributed by atoms with E-state index in [1.807, 2.05) is 0 Å². The van der Waals surface area contributed by atoms with E-state index in [0.717, 1.165) is 0 Å². The lowest BCUT2D eigenvalue weighted by Crippen LogP contribution is -2.93. The monoisotopic (exact) mass is 534 g/mol. The van der Waals surface area contributed by atoms with Crippen molar-refractivity contribution in [3.8, 4) is 23.0 Å². The number of ketones is 2. The smallest absolute Gasteiger partial charge is 0.216 e. The first-order chi connectivity index (χ1) is 17.9. The first-order valence-electron chi connectivity index (χ1n) is 11.7. The van der Waals surface area contributed by atoms with Crippen molar-refractivity contribution in [2.45, 2.75) is 42.2 Å². The van der Waals surface area contributed by atoms with Gasteiger partial charge in [-0.25, -0.2) is 0 Å². The summed E-state index contributed by atoms with van der Waals surface area (Å²) >= 11 is 0. The zero-order valence-corrected chi connectivity index (χ0v) is 20.9. The molecule has 2 fully saturated rings. The molecule has 0 amide bonds. The van der Waals surface area contributed by atoms with Crippen LogP contribution in [0.3, 0.4) is 0 Å². The Kier molecular flexibility index (Phi) is 7.40. The van der Waals surface area contributed by atoms with Gasteiger partial charge in [-0.15, -0.1) is 0 Å². The van der Waals surface area contributed by atoms with E-state index in [9.17, 15) is 35.1 Å². The number of carbonyl (C=O) groups is 2. The molecule has 2 aliphatic rings. The van der Waals surface area contributed by atoms with Gasteiger partial charge in [0.15, 0.2) is 11.9 Å². The molecule has 0 aromatic heterocycles. The van der Waals surface area contributed by atoms with Gasteiger partial charge >= 0.3 is 0 Å². The van der Waals surface area contributed by atoms with Gasteiger partial charge in [-0.3, -0.25) is 9.59 Å². The Hall–Kier alpha value is -3.26. The third-order valence-corrected chi connectivity index (χ3v) is 7.40. The van der Waals surface area contributed by atoms with Crippen LogP contribution in [0.4, 0.5) is 0 Å². The highest BCUT2D eigenvalue weighted by atomic mass is 16.7. The Bertz CT molecular complexity index is 1170. The van der Waals surface area contributed by atoms with Crippen molar-refractivity contribution < 1.29 is 58.8 Å². The van der Waals surface area contributed by atoms with Crippen LogP contribution >= 0.6 is 0 Å². The molecule has 0 bridgehead atoms. The quantitative estimate of drug-likeness (QED) is 0.257. The number of ether oxygens (including phenoxy) is 5. The standard InChI is InChI=1S/C26H30O12/c1-14-21(29)22-24(14,31)26(33,20(28)13-37-18-10-6-16(35-3)7-11-18)25(32,23(30)38-22)19(27)12-36-17-8-4-15(34-2)5-9-17/h4-11,14,21-23,29-33H,12-13H2,1-3H3/t14?,21?,22-,23-,24-,25+,26+/m1/s1. The van der Waals surface area contributed by atoms with E-state index >= 15 is 0 Å². The van der Waals surface area contributed by atoms with Crippen LogP contribution in [0.25, 0.3) is 0 Å². The molecule has 1 aliphatic carbocycles. The van der Waals surface area contributed by atoms with Gasteiger partial charge in [0.05, 0.1) is 20.3 Å². The molecule has 12 heteroatoms. The van der Waals surface area contributed by atoms with Gasteiger partial charge in [0, 0.05) is 5.92 Å². The molecule has 5 N–H and O–H groups in total. The van der Waals surface area contributed by atoms with Crippen molar-refractivity contribution in [2.24, 2.45) is 5.92 Å². The van der Waals surface area contributed by atoms with Gasteiger partial charge in [0.25, 0.3) is 0 Å². The highest BCUT2D eigenvalue weighted by Crippen LogP contribution is 2.56. The second-order valence-corrected chi connectivity index (χ2v) is 9.27. The van der Waals surface area contributed by atoms with Gasteiger partial charge in [-0.05, 0) is 48.5 Å². The first kappa shape index (κ1) is 27.8. The first-order valence-corrected chi connectivity index (χ1v) is 11.7. The molecule has 1 saturated carbocycles. The zero-order chi connectivity index (χ0) is 27.9. The number of benzene rings is 2. The number of aliphatic hydroxyl groups excluding tert-OH is 2. The summed E-state index contributed by atoms with van der Waals surface area (Å²) in [6.45, 7) is -0.540. The minimum Gasteiger partial charge on any atom is -0.497 e.